The van der Waals surface area contributed by atoms with Gasteiger partial charge in [-0.15, -0.1) is 0 Å². The second-order valence-electron chi connectivity index (χ2n) is 8.50. The number of hydrogen-bond acceptors (Lipinski definition) is 10. The summed E-state index contributed by atoms with van der Waals surface area (Å²) >= 11 is 12.4. The van der Waals surface area contributed by atoms with Gasteiger partial charge in [0.25, 0.3) is 0 Å². The van der Waals surface area contributed by atoms with E-state index in [0.717, 1.165) is 0 Å². The summed E-state index contributed by atoms with van der Waals surface area (Å²) < 4.78 is 16.3. The first kappa shape index (κ1) is 27.8. The number of fused-ring (bicyclic) bond motifs is 1. The van der Waals surface area contributed by atoms with E-state index in [-0.39, 0.29) is 10.6 Å². The van der Waals surface area contributed by atoms with Gasteiger partial charge in [-0.1, -0.05) is 23.2 Å². The van der Waals surface area contributed by atoms with Gasteiger partial charge in [0, 0.05) is 24.2 Å². The van der Waals surface area contributed by atoms with Crippen LogP contribution in [0.15, 0.2) is 42.6 Å². The van der Waals surface area contributed by atoms with Gasteiger partial charge in [0.2, 0.25) is 12.2 Å². The van der Waals surface area contributed by atoms with Crippen molar-refractivity contribution < 1.29 is 39.1 Å². The molecule has 1 fully saturated rings. The van der Waals surface area contributed by atoms with Crippen LogP contribution in [0, 0.1) is 0 Å². The van der Waals surface area contributed by atoms with E-state index in [0.29, 0.717) is 33.0 Å². The number of aromatic nitrogens is 1. The third-order valence-electron chi connectivity index (χ3n) is 5.96. The lowest BCUT2D eigenvalue weighted by molar-refractivity contribution is -0.244. The van der Waals surface area contributed by atoms with E-state index in [1.54, 1.807) is 36.4 Å². The molecule has 2 heterocycles. The van der Waals surface area contributed by atoms with E-state index in [4.69, 9.17) is 37.4 Å². The number of nitrogens with one attached hydrogen (secondary N) is 2. The number of anilines is 2. The molecule has 0 aliphatic carbocycles. The van der Waals surface area contributed by atoms with E-state index in [9.17, 15) is 24.9 Å². The standard InChI is InChI=1S/C25H25Cl2N3O8/c1-11(32)29-21-23(34)22(33)17(10-31)38-25(21)37-13-5-3-12(4-6-13)30-19-14-7-8-16(26)18(27)20(14)28-9-15(19)24(35)36-2/h3-9,17,21-23,25,31,33-34H,10H2,1-2H3,(H,28,30)(H,29,32)/t17-,21+,22-,23+,25-/m1/s1. The van der Waals surface area contributed by atoms with E-state index in [1.807, 2.05) is 0 Å². The summed E-state index contributed by atoms with van der Waals surface area (Å²) in [5, 5.41) is 36.9. The molecule has 0 unspecified atom stereocenters. The van der Waals surface area contributed by atoms with Gasteiger partial charge in [-0.2, -0.15) is 0 Å². The maximum atomic E-state index is 12.4. The first-order valence-electron chi connectivity index (χ1n) is 11.4. The minimum absolute atomic E-state index is 0.176. The molecular weight excluding hydrogens is 541 g/mol. The van der Waals surface area contributed by atoms with Gasteiger partial charge >= 0.3 is 5.97 Å². The van der Waals surface area contributed by atoms with Crippen LogP contribution in [0.1, 0.15) is 17.3 Å². The highest BCUT2D eigenvalue weighted by Gasteiger charge is 2.46. The topological polar surface area (TPSA) is 159 Å². The third kappa shape index (κ3) is 5.63. The summed E-state index contributed by atoms with van der Waals surface area (Å²) in [6.45, 7) is 0.687. The quantitative estimate of drug-likeness (QED) is 0.269. The minimum Gasteiger partial charge on any atom is -0.465 e. The molecule has 11 nitrogen and oxygen atoms in total. The van der Waals surface area contributed by atoms with E-state index < -0.39 is 49.1 Å². The van der Waals surface area contributed by atoms with Crippen molar-refractivity contribution in [2.45, 2.75) is 37.6 Å². The van der Waals surface area contributed by atoms with Gasteiger partial charge in [0.15, 0.2) is 0 Å². The highest BCUT2D eigenvalue weighted by Crippen LogP contribution is 2.36. The molecule has 1 amide bonds. The van der Waals surface area contributed by atoms with Crippen molar-refractivity contribution in [3.8, 4) is 5.75 Å². The predicted molar refractivity (Wildman–Crippen MR) is 139 cm³/mol. The number of halogens is 2. The number of carbonyl (C=O) groups excluding carboxylic acids is 2. The van der Waals surface area contributed by atoms with Crippen molar-refractivity contribution in [1.82, 2.24) is 10.3 Å². The van der Waals surface area contributed by atoms with Crippen LogP contribution in [0.5, 0.6) is 5.75 Å². The summed E-state index contributed by atoms with van der Waals surface area (Å²) in [5.41, 5.74) is 1.54. The zero-order valence-corrected chi connectivity index (χ0v) is 21.7. The summed E-state index contributed by atoms with van der Waals surface area (Å²) in [6, 6.07) is 8.68. The number of amides is 1. The van der Waals surface area contributed by atoms with Crippen LogP contribution >= 0.6 is 23.2 Å². The Labute approximate surface area is 227 Å². The van der Waals surface area contributed by atoms with Crippen molar-refractivity contribution in [1.29, 1.82) is 0 Å². The Balaban J connectivity index is 1.61. The smallest absolute Gasteiger partial charge is 0.341 e. The fraction of sp³-hybridized carbons (Fsp3) is 0.320. The summed E-state index contributed by atoms with van der Waals surface area (Å²) in [5.74, 6) is -0.767. The van der Waals surface area contributed by atoms with Gasteiger partial charge in [-0.05, 0) is 36.4 Å². The molecule has 0 saturated carbocycles. The zero-order valence-electron chi connectivity index (χ0n) is 20.2. The van der Waals surface area contributed by atoms with Crippen molar-refractivity contribution in [3.63, 3.8) is 0 Å². The number of hydrogen-bond donors (Lipinski definition) is 5. The molecule has 1 aliphatic heterocycles. The van der Waals surface area contributed by atoms with E-state index >= 15 is 0 Å². The van der Waals surface area contributed by atoms with Crippen LogP contribution in [0.2, 0.25) is 10.0 Å². The lowest BCUT2D eigenvalue weighted by Gasteiger charge is -2.42. The second kappa shape index (κ2) is 11.7. The molecule has 4 rings (SSSR count). The molecule has 1 aromatic heterocycles. The number of rotatable bonds is 7. The predicted octanol–water partition coefficient (Wildman–Crippen LogP) is 2.39. The average Bonchev–Trinajstić information content (AvgIpc) is 2.91. The highest BCUT2D eigenvalue weighted by atomic mass is 35.5. The molecule has 0 radical (unpaired) electrons. The van der Waals surface area contributed by atoms with Gasteiger partial charge < -0.3 is 40.2 Å². The number of carbonyl (C=O) groups is 2. The van der Waals surface area contributed by atoms with Crippen molar-refractivity contribution >= 4 is 57.4 Å². The maximum Gasteiger partial charge on any atom is 0.341 e. The van der Waals surface area contributed by atoms with Crippen molar-refractivity contribution in [2.75, 3.05) is 19.0 Å². The van der Waals surface area contributed by atoms with Gasteiger partial charge in [-0.25, -0.2) is 4.79 Å². The largest absolute Gasteiger partial charge is 0.465 e. The molecular formula is C25H25Cl2N3O8. The normalized spacial score (nSPS) is 23.1. The SMILES string of the molecule is COC(=O)c1cnc2c(Cl)c(Cl)ccc2c1Nc1ccc(O[C@@H]2O[C@H](CO)[C@@H](O)[C@@H](O)[C@@H]2NC(C)=O)cc1. The number of nitrogens with zero attached hydrogens (tertiary/aromatic N) is 1. The summed E-state index contributed by atoms with van der Waals surface area (Å²) in [7, 11) is 1.26. The first-order chi connectivity index (χ1) is 18.1. The Bertz CT molecular complexity index is 1340. The number of benzene rings is 2. The Morgan fingerprint density at radius 2 is 1.82 bits per heavy atom. The fourth-order valence-electron chi connectivity index (χ4n) is 4.07. The average molecular weight is 566 g/mol. The monoisotopic (exact) mass is 565 g/mol. The first-order valence-corrected chi connectivity index (χ1v) is 12.2. The van der Waals surface area contributed by atoms with Gasteiger partial charge in [0.1, 0.15) is 35.7 Å². The summed E-state index contributed by atoms with van der Waals surface area (Å²) in [4.78, 5) is 28.3. The molecule has 0 bridgehead atoms. The number of esters is 1. The second-order valence-corrected chi connectivity index (χ2v) is 9.28. The molecule has 2 aromatic carbocycles. The van der Waals surface area contributed by atoms with E-state index in [2.05, 4.69) is 15.6 Å². The number of aliphatic hydroxyl groups is 3. The van der Waals surface area contributed by atoms with Crippen molar-refractivity contribution in [3.05, 3.63) is 58.2 Å². The van der Waals surface area contributed by atoms with Gasteiger partial charge in [-0.3, -0.25) is 9.78 Å². The lowest BCUT2D eigenvalue weighted by atomic mass is 9.97. The molecule has 5 N–H and O–H groups in total. The third-order valence-corrected chi connectivity index (χ3v) is 6.76. The van der Waals surface area contributed by atoms with Crippen LogP contribution in [-0.2, 0) is 14.3 Å². The maximum absolute atomic E-state index is 12.4. The fourth-order valence-corrected chi connectivity index (χ4v) is 4.44. The van der Waals surface area contributed by atoms with Crippen LogP contribution in [0.4, 0.5) is 11.4 Å². The minimum atomic E-state index is -1.44. The van der Waals surface area contributed by atoms with Crippen LogP contribution < -0.4 is 15.4 Å². The molecule has 202 valence electrons. The molecule has 0 spiro atoms. The van der Waals surface area contributed by atoms with Crippen molar-refractivity contribution in [2.24, 2.45) is 0 Å². The zero-order chi connectivity index (χ0) is 27.6. The molecule has 1 aliphatic rings. The highest BCUT2D eigenvalue weighted by molar-refractivity contribution is 6.45. The number of pyridine rings is 1. The molecule has 13 heteroatoms. The molecule has 1 saturated heterocycles. The Morgan fingerprint density at radius 1 is 1.11 bits per heavy atom. The molecule has 38 heavy (non-hydrogen) atoms. The Kier molecular flexibility index (Phi) is 8.56. The Morgan fingerprint density at radius 3 is 2.45 bits per heavy atom. The lowest BCUT2D eigenvalue weighted by Crippen LogP contribution is -2.65. The molecule has 3 aromatic rings. The van der Waals surface area contributed by atoms with E-state index in [1.165, 1.54) is 20.2 Å². The van der Waals surface area contributed by atoms with Crippen LogP contribution in [0.25, 0.3) is 10.9 Å². The molecule has 5 atom stereocenters. The number of methoxy groups -OCH3 is 1. The number of aliphatic hydroxyl groups excluding tert-OH is 3. The van der Waals surface area contributed by atoms with Crippen LogP contribution in [-0.4, -0.2) is 76.5 Å². The Hall–Kier alpha value is -3.19. The van der Waals surface area contributed by atoms with Crippen LogP contribution in [0.3, 0.4) is 0 Å². The number of ether oxygens (including phenoxy) is 3. The summed E-state index contributed by atoms with van der Waals surface area (Å²) in [6.07, 6.45) is -3.83. The van der Waals surface area contributed by atoms with Gasteiger partial charge in [0.05, 0.1) is 35.0 Å².